The molecule has 96 heavy (non-hydrogen) atoms. The highest BCUT2D eigenvalue weighted by Crippen LogP contribution is 2.65. The number of fused-ring (bicyclic) bond motifs is 24. The smallest absolute Gasteiger partial charge is 0.310 e. The van der Waals surface area contributed by atoms with Gasteiger partial charge in [0.05, 0.1) is 45.0 Å². The number of aromatic nitrogens is 3. The number of allylic oxidation sites excluding steroid dienone is 3. The topological polar surface area (TPSA) is 34.0 Å². The molecule has 5 aliphatic rings. The van der Waals surface area contributed by atoms with Crippen molar-refractivity contribution in [2.45, 2.75) is 22.9 Å². The molecule has 20 rings (SSSR count). The van der Waals surface area contributed by atoms with Gasteiger partial charge in [0.2, 0.25) is 0 Å². The number of anilines is 3. The lowest BCUT2D eigenvalue weighted by molar-refractivity contribution is -0.137. The van der Waals surface area contributed by atoms with Crippen LogP contribution in [0.3, 0.4) is 0 Å². The molecule has 0 saturated carbocycles. The SMILES string of the molecule is FC(F)(F)c1cc(C2C=CC=Cc3c2c2ccccc2n3-c2ccccc2)c2nsnc2c1N(c1ccc(-c2ccc3c(c2)C2(c4ccccc4-c4ccccc42)c2ccccc2-3)cc1)c1ccc(-c2ccc3c(c2)C2(c4ccccc4-c4ccccc42)c2ccccc2-3)cc1. The van der Waals surface area contributed by atoms with Crippen molar-refractivity contribution >= 4 is 56.8 Å². The third kappa shape index (κ3) is 7.44. The van der Waals surface area contributed by atoms with Gasteiger partial charge in [-0.15, -0.1) is 0 Å². The molecule has 15 aromatic rings. The molecule has 2 spiro atoms. The average molecular weight is 1260 g/mol. The van der Waals surface area contributed by atoms with E-state index in [1.165, 1.54) is 95.1 Å². The summed E-state index contributed by atoms with van der Waals surface area (Å²) in [5.74, 6) is -0.630. The van der Waals surface area contributed by atoms with Gasteiger partial charge >= 0.3 is 6.18 Å². The second-order valence-electron chi connectivity index (χ2n) is 25.8. The Hall–Kier alpha value is -11.7. The van der Waals surface area contributed by atoms with Crippen LogP contribution in [0.1, 0.15) is 72.8 Å². The van der Waals surface area contributed by atoms with E-state index in [1.807, 2.05) is 97.1 Å². The first-order valence-corrected chi connectivity index (χ1v) is 33.3. The van der Waals surface area contributed by atoms with Gasteiger partial charge in [-0.1, -0.05) is 249 Å². The standard InChI is InChI=1S/C88H53F3N4S/c89-88(90,91)79-52-70(68-28-10-19-37-81-82(68)69-29-11-18-36-80(69)95(81)57-20-2-1-3-21-57)83-84(93-96-92-83)85(79)94(58-44-38-53(39-45-58)55-42-48-66-64-26-8-16-34-75(64)86(77(66)50-55)71-30-12-4-22-60(71)61-23-5-13-31-72(61)86)59-46-40-54(41-47-59)56-43-49-67-65-27-9-17-35-76(65)87(78(67)51-56)73-32-14-6-24-62(73)63-25-7-15-33-74(63)87/h1-52,68H. The van der Waals surface area contributed by atoms with Crippen molar-refractivity contribution < 1.29 is 13.2 Å². The van der Waals surface area contributed by atoms with Crippen LogP contribution in [0.2, 0.25) is 0 Å². The molecule has 2 aromatic heterocycles. The van der Waals surface area contributed by atoms with E-state index in [1.54, 1.807) is 4.90 Å². The second kappa shape index (κ2) is 20.4. The Morgan fingerprint density at radius 1 is 0.385 bits per heavy atom. The Kier molecular flexibility index (Phi) is 11.6. The van der Waals surface area contributed by atoms with Gasteiger partial charge < -0.3 is 9.47 Å². The summed E-state index contributed by atoms with van der Waals surface area (Å²) in [6.45, 7) is 0. The maximum atomic E-state index is 17.0. The Balaban J connectivity index is 0.762. The zero-order chi connectivity index (χ0) is 63.6. The van der Waals surface area contributed by atoms with E-state index in [-0.39, 0.29) is 11.2 Å². The lowest BCUT2D eigenvalue weighted by atomic mass is 9.70. The van der Waals surface area contributed by atoms with E-state index in [9.17, 15) is 0 Å². The summed E-state index contributed by atoms with van der Waals surface area (Å²) in [6, 6.07) is 102. The van der Waals surface area contributed by atoms with Crippen LogP contribution in [0.4, 0.5) is 30.2 Å². The molecule has 0 aliphatic heterocycles. The molecule has 1 atom stereocenters. The molecule has 13 aromatic carbocycles. The van der Waals surface area contributed by atoms with Gasteiger partial charge in [-0.2, -0.15) is 21.9 Å². The number of benzene rings is 13. The van der Waals surface area contributed by atoms with Crippen LogP contribution in [-0.4, -0.2) is 13.3 Å². The van der Waals surface area contributed by atoms with Crippen molar-refractivity contribution in [3.8, 4) is 72.4 Å². The Morgan fingerprint density at radius 3 is 1.26 bits per heavy atom. The van der Waals surface area contributed by atoms with E-state index in [0.29, 0.717) is 22.5 Å². The van der Waals surface area contributed by atoms with Gasteiger partial charge in [0, 0.05) is 28.4 Å². The first-order valence-electron chi connectivity index (χ1n) is 32.6. The molecule has 8 heteroatoms. The fourth-order valence-corrected chi connectivity index (χ4v) is 18.1. The van der Waals surface area contributed by atoms with Gasteiger partial charge in [0.15, 0.2) is 0 Å². The summed E-state index contributed by atoms with van der Waals surface area (Å²) in [4.78, 5) is 1.75. The molecular weight excluding hydrogens is 1200 g/mol. The van der Waals surface area contributed by atoms with Gasteiger partial charge in [-0.3, -0.25) is 0 Å². The minimum absolute atomic E-state index is 0.0928. The average Bonchev–Trinajstić information content (AvgIpc) is 1.52. The zero-order valence-corrected chi connectivity index (χ0v) is 52.2. The maximum absolute atomic E-state index is 17.0. The molecule has 0 N–H and O–H groups in total. The number of halogens is 3. The number of hydrogen-bond acceptors (Lipinski definition) is 4. The Labute approximate surface area is 556 Å². The van der Waals surface area contributed by atoms with Gasteiger partial charge in [-0.05, 0) is 189 Å². The molecule has 1 unspecified atom stereocenters. The van der Waals surface area contributed by atoms with E-state index >= 15 is 13.2 Å². The molecule has 0 fully saturated rings. The summed E-state index contributed by atoms with van der Waals surface area (Å²) in [7, 11) is 0. The van der Waals surface area contributed by atoms with Gasteiger partial charge in [-0.25, -0.2) is 0 Å². The molecule has 452 valence electrons. The lowest BCUT2D eigenvalue weighted by Gasteiger charge is -2.31. The monoisotopic (exact) mass is 1250 g/mol. The van der Waals surface area contributed by atoms with Crippen molar-refractivity contribution in [1.82, 2.24) is 13.3 Å². The molecule has 4 nitrogen and oxygen atoms in total. The third-order valence-corrected chi connectivity index (χ3v) is 21.8. The first-order chi connectivity index (χ1) is 47.3. The van der Waals surface area contributed by atoms with Crippen LogP contribution >= 0.6 is 11.7 Å². The molecule has 0 saturated heterocycles. The fraction of sp³-hybridized carbons (Fsp3) is 0.0455. The van der Waals surface area contributed by atoms with Crippen LogP contribution < -0.4 is 4.90 Å². The number of nitrogens with zero attached hydrogens (tertiary/aromatic N) is 4. The number of rotatable bonds is 7. The van der Waals surface area contributed by atoms with E-state index in [0.717, 1.165) is 61.8 Å². The third-order valence-electron chi connectivity index (χ3n) is 21.3. The summed E-state index contributed by atoms with van der Waals surface area (Å²) >= 11 is 0.934. The summed E-state index contributed by atoms with van der Waals surface area (Å²) in [5.41, 5.74) is 27.2. The van der Waals surface area contributed by atoms with E-state index in [4.69, 9.17) is 8.75 Å². The van der Waals surface area contributed by atoms with Crippen LogP contribution in [0.15, 0.2) is 309 Å². The minimum Gasteiger partial charge on any atom is -0.310 e. The van der Waals surface area contributed by atoms with E-state index < -0.39 is 28.5 Å². The molecule has 0 amide bonds. The van der Waals surface area contributed by atoms with Crippen molar-refractivity contribution in [1.29, 1.82) is 0 Å². The first kappa shape index (κ1) is 54.8. The van der Waals surface area contributed by atoms with Crippen LogP contribution in [0.5, 0.6) is 0 Å². The Bertz CT molecular complexity index is 5490. The minimum atomic E-state index is -4.85. The molecule has 0 bridgehead atoms. The van der Waals surface area contributed by atoms with Gasteiger partial charge in [0.25, 0.3) is 0 Å². The van der Waals surface area contributed by atoms with E-state index in [2.05, 4.69) is 217 Å². The van der Waals surface area contributed by atoms with Gasteiger partial charge in [0.1, 0.15) is 11.0 Å². The molecule has 5 aliphatic carbocycles. The number of para-hydroxylation sites is 2. The number of hydrogen-bond donors (Lipinski definition) is 0. The zero-order valence-electron chi connectivity index (χ0n) is 51.4. The predicted molar refractivity (Wildman–Crippen MR) is 384 cm³/mol. The maximum Gasteiger partial charge on any atom is 0.418 e. The quantitative estimate of drug-likeness (QED) is 0.159. The molecule has 0 radical (unpaired) electrons. The number of alkyl halides is 3. The van der Waals surface area contributed by atoms with Crippen LogP contribution in [-0.2, 0) is 17.0 Å². The van der Waals surface area contributed by atoms with Crippen molar-refractivity contribution in [2.75, 3.05) is 4.90 Å². The highest BCUT2D eigenvalue weighted by Gasteiger charge is 2.53. The predicted octanol–water partition coefficient (Wildman–Crippen LogP) is 22.9. The lowest BCUT2D eigenvalue weighted by Crippen LogP contribution is -2.25. The summed E-state index contributed by atoms with van der Waals surface area (Å²) < 4.78 is 63.0. The summed E-state index contributed by atoms with van der Waals surface area (Å²) in [5, 5.41) is 0.940. The highest BCUT2D eigenvalue weighted by atomic mass is 32.1. The largest absolute Gasteiger partial charge is 0.418 e. The van der Waals surface area contributed by atoms with Crippen molar-refractivity contribution in [3.63, 3.8) is 0 Å². The fourth-order valence-electron chi connectivity index (χ4n) is 17.5. The van der Waals surface area contributed by atoms with Crippen LogP contribution in [0.25, 0.3) is 100 Å². The van der Waals surface area contributed by atoms with Crippen molar-refractivity contribution in [2.24, 2.45) is 0 Å². The summed E-state index contributed by atoms with van der Waals surface area (Å²) in [6.07, 6.45) is 3.12. The second-order valence-corrected chi connectivity index (χ2v) is 26.3. The highest BCUT2D eigenvalue weighted by molar-refractivity contribution is 7.00. The molecule has 2 heterocycles. The van der Waals surface area contributed by atoms with Crippen molar-refractivity contribution in [3.05, 3.63) is 376 Å². The Morgan fingerprint density at radius 2 is 0.792 bits per heavy atom. The normalized spacial score (nSPS) is 15.0. The molecular formula is C88H53F3N4S. The van der Waals surface area contributed by atoms with Crippen LogP contribution in [0, 0.1) is 0 Å².